The van der Waals surface area contributed by atoms with Gasteiger partial charge in [0.05, 0.1) is 21.0 Å². The predicted octanol–water partition coefficient (Wildman–Crippen LogP) is 5.35. The molecule has 0 unspecified atom stereocenters. The number of nitro benzene ring substituents is 1. The van der Waals surface area contributed by atoms with Gasteiger partial charge in [0.2, 0.25) is 0 Å². The third-order valence-corrected chi connectivity index (χ3v) is 5.09. The first kappa shape index (κ1) is 23.2. The number of ether oxygens (including phenoxy) is 1. The fourth-order valence-electron chi connectivity index (χ4n) is 2.85. The standard InChI is InChI=1S/C24H15BrN4O4/c25-22-11-16(8-9-23(22)33-15-18-5-2-1-4-17(18)13-26)10-19(14-27)24(30)28-20-6-3-7-21(12-20)29(31)32/h1-12H,15H2,(H,28,30)/b19-10+. The molecule has 0 spiro atoms. The van der Waals surface area contributed by atoms with Gasteiger partial charge in [-0.1, -0.05) is 30.3 Å². The Balaban J connectivity index is 1.73. The van der Waals surface area contributed by atoms with Crippen LogP contribution in [0.5, 0.6) is 5.75 Å². The van der Waals surface area contributed by atoms with Gasteiger partial charge in [-0.15, -0.1) is 0 Å². The smallest absolute Gasteiger partial charge is 0.271 e. The summed E-state index contributed by atoms with van der Waals surface area (Å²) < 4.78 is 6.39. The van der Waals surface area contributed by atoms with Crippen LogP contribution in [0.4, 0.5) is 11.4 Å². The lowest BCUT2D eigenvalue weighted by Gasteiger charge is -2.10. The van der Waals surface area contributed by atoms with E-state index in [0.717, 1.165) is 5.56 Å². The third kappa shape index (κ3) is 6.03. The highest BCUT2D eigenvalue weighted by Gasteiger charge is 2.13. The van der Waals surface area contributed by atoms with Gasteiger partial charge in [-0.05, 0) is 51.8 Å². The number of hydrogen-bond acceptors (Lipinski definition) is 6. The van der Waals surface area contributed by atoms with Crippen molar-refractivity contribution >= 4 is 39.3 Å². The molecular weight excluding hydrogens is 488 g/mol. The van der Waals surface area contributed by atoms with E-state index in [1.54, 1.807) is 30.3 Å². The highest BCUT2D eigenvalue weighted by Crippen LogP contribution is 2.28. The minimum absolute atomic E-state index is 0.174. The molecule has 1 amide bonds. The summed E-state index contributed by atoms with van der Waals surface area (Å²) in [6.07, 6.45) is 1.40. The van der Waals surface area contributed by atoms with Gasteiger partial charge in [-0.3, -0.25) is 14.9 Å². The summed E-state index contributed by atoms with van der Waals surface area (Å²) in [4.78, 5) is 22.8. The second-order valence-electron chi connectivity index (χ2n) is 6.68. The van der Waals surface area contributed by atoms with Gasteiger partial charge in [0.15, 0.2) is 0 Å². The Bertz CT molecular complexity index is 1340. The van der Waals surface area contributed by atoms with E-state index in [0.29, 0.717) is 21.3 Å². The van der Waals surface area contributed by atoms with E-state index in [-0.39, 0.29) is 23.6 Å². The Morgan fingerprint density at radius 2 is 1.91 bits per heavy atom. The summed E-state index contributed by atoms with van der Waals surface area (Å²) in [7, 11) is 0. The molecular formula is C24H15BrN4O4. The van der Waals surface area contributed by atoms with E-state index >= 15 is 0 Å². The zero-order valence-electron chi connectivity index (χ0n) is 17.0. The lowest BCUT2D eigenvalue weighted by molar-refractivity contribution is -0.384. The maximum atomic E-state index is 12.5. The van der Waals surface area contributed by atoms with Crippen LogP contribution >= 0.6 is 15.9 Å². The number of nitrogens with one attached hydrogen (secondary N) is 1. The number of nitro groups is 1. The van der Waals surface area contributed by atoms with Crippen LogP contribution in [0.15, 0.2) is 76.8 Å². The van der Waals surface area contributed by atoms with Gasteiger partial charge < -0.3 is 10.1 Å². The average molecular weight is 503 g/mol. The molecule has 9 heteroatoms. The van der Waals surface area contributed by atoms with Crippen LogP contribution in [0.25, 0.3) is 6.08 Å². The molecule has 0 saturated carbocycles. The topological polar surface area (TPSA) is 129 Å². The fraction of sp³-hybridized carbons (Fsp3) is 0.0417. The van der Waals surface area contributed by atoms with Crippen molar-refractivity contribution in [2.45, 2.75) is 6.61 Å². The predicted molar refractivity (Wildman–Crippen MR) is 125 cm³/mol. The summed E-state index contributed by atoms with van der Waals surface area (Å²) >= 11 is 3.41. The van der Waals surface area contributed by atoms with Crippen LogP contribution in [0.1, 0.15) is 16.7 Å². The summed E-state index contributed by atoms with van der Waals surface area (Å²) in [6, 6.07) is 21.6. The molecule has 0 radical (unpaired) electrons. The second-order valence-corrected chi connectivity index (χ2v) is 7.53. The fourth-order valence-corrected chi connectivity index (χ4v) is 3.36. The lowest BCUT2D eigenvalue weighted by atomic mass is 10.1. The number of hydrogen-bond donors (Lipinski definition) is 1. The third-order valence-electron chi connectivity index (χ3n) is 4.47. The zero-order chi connectivity index (χ0) is 23.8. The van der Waals surface area contributed by atoms with Gasteiger partial charge in [0, 0.05) is 23.4 Å². The largest absolute Gasteiger partial charge is 0.488 e. The summed E-state index contributed by atoms with van der Waals surface area (Å²) in [5.74, 6) is -0.165. The van der Waals surface area contributed by atoms with E-state index in [1.165, 1.54) is 30.3 Å². The van der Waals surface area contributed by atoms with Crippen molar-refractivity contribution in [3.05, 3.63) is 104 Å². The summed E-state index contributed by atoms with van der Waals surface area (Å²) in [5, 5.41) is 32.0. The molecule has 0 aliphatic rings. The van der Waals surface area contributed by atoms with E-state index in [9.17, 15) is 25.4 Å². The minimum Gasteiger partial charge on any atom is -0.488 e. The first-order chi connectivity index (χ1) is 15.9. The number of benzene rings is 3. The number of nitriles is 2. The zero-order valence-corrected chi connectivity index (χ0v) is 18.6. The van der Waals surface area contributed by atoms with E-state index < -0.39 is 10.8 Å². The number of nitrogens with zero attached hydrogens (tertiary/aromatic N) is 3. The number of amides is 1. The molecule has 0 aliphatic heterocycles. The van der Waals surface area contributed by atoms with Crippen LogP contribution in [-0.2, 0) is 11.4 Å². The van der Waals surface area contributed by atoms with Crippen molar-refractivity contribution in [3.8, 4) is 17.9 Å². The quantitative estimate of drug-likeness (QED) is 0.200. The van der Waals surface area contributed by atoms with Crippen LogP contribution in [-0.4, -0.2) is 10.8 Å². The van der Waals surface area contributed by atoms with E-state index in [1.807, 2.05) is 18.2 Å². The molecule has 0 aromatic heterocycles. The first-order valence-electron chi connectivity index (χ1n) is 9.49. The SMILES string of the molecule is N#C/C(=C\c1ccc(OCc2ccccc2C#N)c(Br)c1)C(=O)Nc1cccc([N+](=O)[O-])c1. The van der Waals surface area contributed by atoms with Gasteiger partial charge >= 0.3 is 0 Å². The van der Waals surface area contributed by atoms with Crippen molar-refractivity contribution in [1.29, 1.82) is 10.5 Å². The monoisotopic (exact) mass is 502 g/mol. The van der Waals surface area contributed by atoms with Crippen molar-refractivity contribution in [2.24, 2.45) is 0 Å². The lowest BCUT2D eigenvalue weighted by Crippen LogP contribution is -2.13. The van der Waals surface area contributed by atoms with Gasteiger partial charge in [-0.2, -0.15) is 10.5 Å². The number of halogens is 1. The Morgan fingerprint density at radius 1 is 1.12 bits per heavy atom. The molecule has 3 aromatic carbocycles. The highest BCUT2D eigenvalue weighted by atomic mass is 79.9. The maximum Gasteiger partial charge on any atom is 0.271 e. The minimum atomic E-state index is -0.692. The Kier molecular flexibility index (Phi) is 7.53. The Labute approximate surface area is 197 Å². The van der Waals surface area contributed by atoms with Crippen molar-refractivity contribution in [1.82, 2.24) is 0 Å². The molecule has 0 aliphatic carbocycles. The van der Waals surface area contributed by atoms with Gasteiger partial charge in [-0.25, -0.2) is 0 Å². The van der Waals surface area contributed by atoms with Crippen molar-refractivity contribution < 1.29 is 14.5 Å². The molecule has 8 nitrogen and oxygen atoms in total. The molecule has 1 N–H and O–H groups in total. The molecule has 3 aromatic rings. The second kappa shape index (κ2) is 10.7. The molecule has 0 bridgehead atoms. The summed E-state index contributed by atoms with van der Waals surface area (Å²) in [5.41, 5.74) is 1.70. The van der Waals surface area contributed by atoms with Crippen molar-refractivity contribution in [3.63, 3.8) is 0 Å². The molecule has 0 fully saturated rings. The van der Waals surface area contributed by atoms with Crippen molar-refractivity contribution in [2.75, 3.05) is 5.32 Å². The normalized spacial score (nSPS) is 10.6. The molecule has 0 saturated heterocycles. The molecule has 0 heterocycles. The van der Waals surface area contributed by atoms with Crippen LogP contribution in [0.2, 0.25) is 0 Å². The average Bonchev–Trinajstić information content (AvgIpc) is 2.82. The number of anilines is 1. The number of carbonyl (C=O) groups excluding carboxylic acids is 1. The van der Waals surface area contributed by atoms with Gasteiger partial charge in [0.1, 0.15) is 24.0 Å². The Hall–Kier alpha value is -4.47. The first-order valence-corrected chi connectivity index (χ1v) is 10.3. The molecule has 162 valence electrons. The number of non-ortho nitro benzene ring substituents is 1. The maximum absolute atomic E-state index is 12.5. The molecule has 3 rings (SSSR count). The van der Waals surface area contributed by atoms with E-state index in [2.05, 4.69) is 27.3 Å². The Morgan fingerprint density at radius 3 is 2.61 bits per heavy atom. The highest BCUT2D eigenvalue weighted by molar-refractivity contribution is 9.10. The van der Waals surface area contributed by atoms with Crippen LogP contribution in [0, 0.1) is 32.8 Å². The molecule has 0 atom stereocenters. The number of carbonyl (C=O) groups is 1. The van der Waals surface area contributed by atoms with E-state index in [4.69, 9.17) is 4.74 Å². The number of rotatable bonds is 7. The van der Waals surface area contributed by atoms with Crippen LogP contribution < -0.4 is 10.1 Å². The van der Waals surface area contributed by atoms with Crippen LogP contribution in [0.3, 0.4) is 0 Å². The summed E-state index contributed by atoms with van der Waals surface area (Å²) in [6.45, 7) is 0.201. The van der Waals surface area contributed by atoms with Gasteiger partial charge in [0.25, 0.3) is 11.6 Å². The molecule has 33 heavy (non-hydrogen) atoms.